The number of fused-ring (bicyclic) bond motifs is 2. The molecule has 5 heterocycles. The lowest BCUT2D eigenvalue weighted by Crippen LogP contribution is -2.39. The molecule has 3 aromatic heterocycles. The number of imidazole rings is 1. The minimum atomic E-state index is 0.362. The molecule has 2 aliphatic heterocycles. The number of anilines is 2. The Kier molecular flexibility index (Phi) is 6.27. The van der Waals surface area contributed by atoms with Crippen molar-refractivity contribution in [1.29, 1.82) is 0 Å². The van der Waals surface area contributed by atoms with Crippen LogP contribution in [0.25, 0.3) is 16.9 Å². The molecule has 0 radical (unpaired) electrons. The molecule has 192 valence electrons. The number of hydrogen-bond donors (Lipinski definition) is 1. The van der Waals surface area contributed by atoms with Gasteiger partial charge in [-0.15, -0.1) is 0 Å². The number of piperidine rings is 1. The zero-order chi connectivity index (χ0) is 25.3. The fraction of sp³-hybridized carbons (Fsp3) is 0.300. The molecule has 0 aliphatic carbocycles. The van der Waals surface area contributed by atoms with E-state index >= 15 is 0 Å². The molecule has 7 nitrogen and oxygen atoms in total. The third-order valence-electron chi connectivity index (χ3n) is 7.76. The number of thiophene rings is 1. The van der Waals surface area contributed by atoms with Crippen LogP contribution in [0.3, 0.4) is 0 Å². The van der Waals surface area contributed by atoms with Crippen molar-refractivity contribution in [2.75, 3.05) is 29.9 Å². The second-order valence-corrected chi connectivity index (χ2v) is 11.0. The fourth-order valence-corrected chi connectivity index (χ4v) is 6.28. The molecule has 38 heavy (non-hydrogen) atoms. The fourth-order valence-electron chi connectivity index (χ4n) is 5.65. The van der Waals surface area contributed by atoms with Gasteiger partial charge in [-0.1, -0.05) is 54.6 Å². The van der Waals surface area contributed by atoms with E-state index in [4.69, 9.17) is 15.0 Å². The van der Waals surface area contributed by atoms with E-state index in [0.29, 0.717) is 6.04 Å². The minimum Gasteiger partial charge on any atom is -0.365 e. The Balaban J connectivity index is 1.16. The molecular formula is C30H31N7S. The highest BCUT2D eigenvalue weighted by atomic mass is 32.1. The van der Waals surface area contributed by atoms with Crippen LogP contribution in [-0.2, 0) is 19.5 Å². The third kappa shape index (κ3) is 4.66. The molecule has 0 unspecified atom stereocenters. The maximum Gasteiger partial charge on any atom is 0.229 e. The van der Waals surface area contributed by atoms with Gasteiger partial charge in [-0.05, 0) is 47.4 Å². The van der Waals surface area contributed by atoms with Gasteiger partial charge in [0, 0.05) is 44.1 Å². The maximum atomic E-state index is 5.09. The predicted octanol–water partition coefficient (Wildman–Crippen LogP) is 5.52. The standard InChI is InChI=1S/C30H31N7S/c1-2-6-22(7-3-1)18-35-14-11-25(12-15-35)32-28-27-29(37(21-31-27)26-13-17-38-20-26)34-30(33-28)36-16-10-23-8-4-5-9-24(23)19-36/h1-9,13,17,20-21,25H,10-12,14-16,18-19H2,(H,32,33,34). The van der Waals surface area contributed by atoms with Gasteiger partial charge in [0.1, 0.15) is 6.33 Å². The van der Waals surface area contributed by atoms with E-state index < -0.39 is 0 Å². The second-order valence-electron chi connectivity index (χ2n) is 10.3. The summed E-state index contributed by atoms with van der Waals surface area (Å²) in [5.41, 5.74) is 6.94. The highest BCUT2D eigenvalue weighted by Crippen LogP contribution is 2.30. The molecule has 8 heteroatoms. The smallest absolute Gasteiger partial charge is 0.229 e. The number of rotatable bonds is 6. The van der Waals surface area contributed by atoms with Crippen molar-refractivity contribution in [1.82, 2.24) is 24.4 Å². The number of likely N-dealkylation sites (tertiary alicyclic amines) is 1. The summed E-state index contributed by atoms with van der Waals surface area (Å²) in [6.07, 6.45) is 5.04. The Bertz CT molecular complexity index is 1520. The largest absolute Gasteiger partial charge is 0.365 e. The molecule has 2 aromatic carbocycles. The van der Waals surface area contributed by atoms with Crippen LogP contribution in [0, 0.1) is 0 Å². The molecule has 1 N–H and O–H groups in total. The van der Waals surface area contributed by atoms with E-state index in [1.807, 2.05) is 6.33 Å². The van der Waals surface area contributed by atoms with Crippen molar-refractivity contribution in [2.45, 2.75) is 38.4 Å². The van der Waals surface area contributed by atoms with Gasteiger partial charge in [0.2, 0.25) is 5.95 Å². The molecule has 0 spiro atoms. The van der Waals surface area contributed by atoms with E-state index in [9.17, 15) is 0 Å². The number of hydrogen-bond acceptors (Lipinski definition) is 7. The van der Waals surface area contributed by atoms with Crippen molar-refractivity contribution in [3.8, 4) is 5.69 Å². The van der Waals surface area contributed by atoms with Crippen LogP contribution in [0.2, 0.25) is 0 Å². The lowest BCUT2D eigenvalue weighted by Gasteiger charge is -2.33. The number of aromatic nitrogens is 4. The third-order valence-corrected chi connectivity index (χ3v) is 8.43. The Morgan fingerprint density at radius 1 is 0.895 bits per heavy atom. The predicted molar refractivity (Wildman–Crippen MR) is 154 cm³/mol. The van der Waals surface area contributed by atoms with E-state index in [1.165, 1.54) is 16.7 Å². The van der Waals surface area contributed by atoms with Crippen molar-refractivity contribution < 1.29 is 0 Å². The van der Waals surface area contributed by atoms with Gasteiger partial charge in [0.25, 0.3) is 0 Å². The van der Waals surface area contributed by atoms with Gasteiger partial charge in [0.15, 0.2) is 17.0 Å². The van der Waals surface area contributed by atoms with Crippen LogP contribution in [-0.4, -0.2) is 50.1 Å². The minimum absolute atomic E-state index is 0.362. The summed E-state index contributed by atoms with van der Waals surface area (Å²) in [4.78, 5) is 19.8. The van der Waals surface area contributed by atoms with Crippen molar-refractivity contribution >= 4 is 34.3 Å². The van der Waals surface area contributed by atoms with Gasteiger partial charge in [-0.25, -0.2) is 4.98 Å². The maximum absolute atomic E-state index is 5.09. The van der Waals surface area contributed by atoms with Gasteiger partial charge >= 0.3 is 0 Å². The molecule has 7 rings (SSSR count). The van der Waals surface area contributed by atoms with Crippen molar-refractivity contribution in [3.05, 3.63) is 94.4 Å². The summed E-state index contributed by atoms with van der Waals surface area (Å²) >= 11 is 1.68. The van der Waals surface area contributed by atoms with E-state index in [-0.39, 0.29) is 0 Å². The molecule has 2 aliphatic rings. The van der Waals surface area contributed by atoms with Crippen LogP contribution < -0.4 is 10.2 Å². The van der Waals surface area contributed by atoms with Crippen molar-refractivity contribution in [2.24, 2.45) is 0 Å². The summed E-state index contributed by atoms with van der Waals surface area (Å²) in [6.45, 7) is 4.88. The quantitative estimate of drug-likeness (QED) is 0.318. The Morgan fingerprint density at radius 3 is 2.53 bits per heavy atom. The average Bonchev–Trinajstić information content (AvgIpc) is 3.65. The van der Waals surface area contributed by atoms with Crippen LogP contribution in [0.4, 0.5) is 11.8 Å². The van der Waals surface area contributed by atoms with Crippen LogP contribution in [0.5, 0.6) is 0 Å². The van der Waals surface area contributed by atoms with Gasteiger partial charge in [-0.3, -0.25) is 9.47 Å². The van der Waals surface area contributed by atoms with E-state index in [0.717, 1.165) is 80.6 Å². The number of benzene rings is 2. The lowest BCUT2D eigenvalue weighted by molar-refractivity contribution is 0.211. The molecule has 0 bridgehead atoms. The van der Waals surface area contributed by atoms with Gasteiger partial charge in [-0.2, -0.15) is 21.3 Å². The molecular weight excluding hydrogens is 490 g/mol. The molecule has 1 fully saturated rings. The highest BCUT2D eigenvalue weighted by Gasteiger charge is 2.25. The average molecular weight is 522 g/mol. The molecule has 5 aromatic rings. The number of nitrogens with zero attached hydrogens (tertiary/aromatic N) is 6. The summed E-state index contributed by atoms with van der Waals surface area (Å²) in [5.74, 6) is 1.62. The van der Waals surface area contributed by atoms with Crippen LogP contribution >= 0.6 is 11.3 Å². The topological polar surface area (TPSA) is 62.1 Å². The first-order valence-corrected chi connectivity index (χ1v) is 14.4. The summed E-state index contributed by atoms with van der Waals surface area (Å²) < 4.78 is 2.09. The first-order chi connectivity index (χ1) is 18.8. The second kappa shape index (κ2) is 10.2. The Morgan fingerprint density at radius 2 is 1.71 bits per heavy atom. The molecule has 0 atom stereocenters. The lowest BCUT2D eigenvalue weighted by atomic mass is 10.0. The normalized spacial score (nSPS) is 16.6. The zero-order valence-corrected chi connectivity index (χ0v) is 22.1. The number of nitrogens with one attached hydrogen (secondary N) is 1. The Labute approximate surface area is 226 Å². The monoisotopic (exact) mass is 521 g/mol. The first kappa shape index (κ1) is 23.4. The van der Waals surface area contributed by atoms with E-state index in [1.54, 1.807) is 11.3 Å². The van der Waals surface area contributed by atoms with Crippen LogP contribution in [0.1, 0.15) is 29.5 Å². The summed E-state index contributed by atoms with van der Waals surface area (Å²) in [6, 6.07) is 21.9. The van der Waals surface area contributed by atoms with Crippen LogP contribution in [0.15, 0.2) is 77.8 Å². The molecule has 1 saturated heterocycles. The SMILES string of the molecule is c1ccc(CN2CCC(Nc3nc(N4CCc5ccccc5C4)nc4c3ncn4-c3ccsc3)CC2)cc1. The highest BCUT2D eigenvalue weighted by molar-refractivity contribution is 7.08. The summed E-state index contributed by atoms with van der Waals surface area (Å²) in [7, 11) is 0. The zero-order valence-electron chi connectivity index (χ0n) is 21.3. The Hall–Kier alpha value is -3.75. The molecule has 0 amide bonds. The van der Waals surface area contributed by atoms with Gasteiger partial charge < -0.3 is 10.2 Å². The van der Waals surface area contributed by atoms with Crippen molar-refractivity contribution in [3.63, 3.8) is 0 Å². The summed E-state index contributed by atoms with van der Waals surface area (Å²) in [5, 5.41) is 8.01. The first-order valence-electron chi connectivity index (χ1n) is 13.4. The molecule has 0 saturated carbocycles. The van der Waals surface area contributed by atoms with Gasteiger partial charge in [0.05, 0.1) is 5.69 Å². The van der Waals surface area contributed by atoms with E-state index in [2.05, 4.69) is 91.1 Å².